The molecule has 1 saturated carbocycles. The van der Waals surface area contributed by atoms with Crippen molar-refractivity contribution in [2.45, 2.75) is 101 Å². The Labute approximate surface area is 151 Å². The fourth-order valence-electron chi connectivity index (χ4n) is 6.12. The van der Waals surface area contributed by atoms with E-state index in [0.717, 1.165) is 25.7 Å². The van der Waals surface area contributed by atoms with Crippen LogP contribution in [0.25, 0.3) is 0 Å². The van der Waals surface area contributed by atoms with Gasteiger partial charge in [-0.05, 0) is 63.2 Å². The average Bonchev–Trinajstić information content (AvgIpc) is 3.23. The molecule has 0 aromatic carbocycles. The van der Waals surface area contributed by atoms with Crippen LogP contribution in [0.1, 0.15) is 65.2 Å². The molecule has 0 spiro atoms. The molecule has 3 saturated heterocycles. The van der Waals surface area contributed by atoms with E-state index >= 15 is 0 Å². The molecule has 4 fully saturated rings. The average molecular weight is 345 g/mol. The number of fused-ring (bicyclic) bond motifs is 3. The standard InChI is InChI=1S/C20H32N4O/c1-3-14(4-2)23-15-5-6-16(23)9-13(8-15)19(22)20(25)24-17(11-21)7-12-10-18(12)24/h12-19H,3-10,22H2,1-2H3. The maximum Gasteiger partial charge on any atom is 0.241 e. The molecule has 6 atom stereocenters. The van der Waals surface area contributed by atoms with Gasteiger partial charge in [-0.2, -0.15) is 5.26 Å². The van der Waals surface area contributed by atoms with E-state index in [0.29, 0.717) is 30.1 Å². The van der Waals surface area contributed by atoms with Crippen molar-refractivity contribution in [3.8, 4) is 6.07 Å². The predicted octanol–water partition coefficient (Wildman–Crippen LogP) is 2.26. The van der Waals surface area contributed by atoms with Gasteiger partial charge in [-0.1, -0.05) is 13.8 Å². The van der Waals surface area contributed by atoms with Gasteiger partial charge in [-0.3, -0.25) is 9.69 Å². The summed E-state index contributed by atoms with van der Waals surface area (Å²) >= 11 is 0. The van der Waals surface area contributed by atoms with E-state index < -0.39 is 6.04 Å². The summed E-state index contributed by atoms with van der Waals surface area (Å²) in [4.78, 5) is 17.6. The van der Waals surface area contributed by atoms with E-state index in [9.17, 15) is 10.1 Å². The van der Waals surface area contributed by atoms with Crippen molar-refractivity contribution in [1.29, 1.82) is 5.26 Å². The van der Waals surface area contributed by atoms with Crippen LogP contribution in [0.5, 0.6) is 0 Å². The van der Waals surface area contributed by atoms with E-state index in [2.05, 4.69) is 24.8 Å². The normalized spacial score (nSPS) is 40.8. The second-order valence-electron chi connectivity index (χ2n) is 8.75. The molecular weight excluding hydrogens is 312 g/mol. The Balaban J connectivity index is 1.43. The maximum absolute atomic E-state index is 13.0. The largest absolute Gasteiger partial charge is 0.322 e. The molecule has 4 rings (SSSR count). The number of hydrogen-bond donors (Lipinski definition) is 1. The fourth-order valence-corrected chi connectivity index (χ4v) is 6.12. The third-order valence-corrected chi connectivity index (χ3v) is 7.49. The van der Waals surface area contributed by atoms with Crippen molar-refractivity contribution in [2.75, 3.05) is 0 Å². The van der Waals surface area contributed by atoms with Crippen molar-refractivity contribution >= 4 is 5.91 Å². The number of carbonyl (C=O) groups excluding carboxylic acids is 1. The highest BCUT2D eigenvalue weighted by molar-refractivity contribution is 5.84. The zero-order valence-electron chi connectivity index (χ0n) is 15.6. The first kappa shape index (κ1) is 17.3. The summed E-state index contributed by atoms with van der Waals surface area (Å²) < 4.78 is 0. The van der Waals surface area contributed by atoms with Crippen LogP contribution in [-0.4, -0.2) is 52.0 Å². The minimum absolute atomic E-state index is 0.0527. The molecule has 3 aliphatic heterocycles. The molecule has 3 heterocycles. The SMILES string of the molecule is CCC(CC)N1C2CCC1CC(C(N)C(=O)N1C(C#N)CC3CC31)C2. The lowest BCUT2D eigenvalue weighted by molar-refractivity contribution is -0.135. The van der Waals surface area contributed by atoms with Gasteiger partial charge in [0, 0.05) is 24.2 Å². The molecule has 1 amide bonds. The van der Waals surface area contributed by atoms with Crippen LogP contribution in [0.4, 0.5) is 0 Å². The van der Waals surface area contributed by atoms with Crippen LogP contribution in [0, 0.1) is 23.2 Å². The van der Waals surface area contributed by atoms with E-state index in [4.69, 9.17) is 5.73 Å². The first-order valence-corrected chi connectivity index (χ1v) is 10.3. The third kappa shape index (κ3) is 2.78. The summed E-state index contributed by atoms with van der Waals surface area (Å²) in [6.07, 6.45) is 8.98. The number of nitrogens with zero attached hydrogens (tertiary/aromatic N) is 3. The van der Waals surface area contributed by atoms with Gasteiger partial charge in [0.25, 0.3) is 0 Å². The Morgan fingerprint density at radius 1 is 1.16 bits per heavy atom. The maximum atomic E-state index is 13.0. The molecule has 138 valence electrons. The molecule has 2 N–H and O–H groups in total. The second-order valence-corrected chi connectivity index (χ2v) is 8.75. The summed E-state index contributed by atoms with van der Waals surface area (Å²) in [5.41, 5.74) is 6.49. The van der Waals surface area contributed by atoms with Crippen LogP contribution < -0.4 is 5.73 Å². The third-order valence-electron chi connectivity index (χ3n) is 7.49. The van der Waals surface area contributed by atoms with Crippen LogP contribution in [0.3, 0.4) is 0 Å². The molecule has 5 nitrogen and oxygen atoms in total. The highest BCUT2D eigenvalue weighted by Gasteiger charge is 2.56. The van der Waals surface area contributed by atoms with E-state index in [1.807, 2.05) is 4.90 Å². The summed E-state index contributed by atoms with van der Waals surface area (Å²) in [5.74, 6) is 0.901. The molecule has 5 heteroatoms. The minimum atomic E-state index is -0.415. The zero-order chi connectivity index (χ0) is 17.7. The fraction of sp³-hybridized carbons (Fsp3) is 0.900. The number of likely N-dealkylation sites (tertiary alicyclic amines) is 1. The first-order valence-electron chi connectivity index (χ1n) is 10.3. The van der Waals surface area contributed by atoms with Gasteiger partial charge in [-0.25, -0.2) is 0 Å². The van der Waals surface area contributed by atoms with Crippen molar-refractivity contribution in [1.82, 2.24) is 9.80 Å². The van der Waals surface area contributed by atoms with E-state index in [1.54, 1.807) is 0 Å². The summed E-state index contributed by atoms with van der Waals surface area (Å²) in [6, 6.07) is 3.87. The van der Waals surface area contributed by atoms with Gasteiger partial charge in [0.15, 0.2) is 0 Å². The molecule has 0 aromatic heterocycles. The lowest BCUT2D eigenvalue weighted by Gasteiger charge is -2.45. The molecule has 1 aliphatic carbocycles. The van der Waals surface area contributed by atoms with Gasteiger partial charge in [-0.15, -0.1) is 0 Å². The van der Waals surface area contributed by atoms with Crippen LogP contribution in [0.15, 0.2) is 0 Å². The Hall–Kier alpha value is -1.12. The highest BCUT2D eigenvalue weighted by Crippen LogP contribution is 2.48. The number of nitrogens with two attached hydrogens (primary N) is 1. The van der Waals surface area contributed by atoms with Crippen molar-refractivity contribution < 1.29 is 4.79 Å². The highest BCUT2D eigenvalue weighted by atomic mass is 16.2. The lowest BCUT2D eigenvalue weighted by atomic mass is 9.83. The monoisotopic (exact) mass is 344 g/mol. The van der Waals surface area contributed by atoms with Crippen LogP contribution in [-0.2, 0) is 4.79 Å². The van der Waals surface area contributed by atoms with Crippen LogP contribution >= 0.6 is 0 Å². The molecule has 25 heavy (non-hydrogen) atoms. The number of amides is 1. The Morgan fingerprint density at radius 2 is 1.80 bits per heavy atom. The van der Waals surface area contributed by atoms with Crippen molar-refractivity contribution in [3.63, 3.8) is 0 Å². The van der Waals surface area contributed by atoms with Gasteiger partial charge in [0.2, 0.25) is 5.91 Å². The lowest BCUT2D eigenvalue weighted by Crippen LogP contribution is -2.56. The second kappa shape index (κ2) is 6.55. The number of hydrogen-bond acceptors (Lipinski definition) is 4. The molecular formula is C20H32N4O. The predicted molar refractivity (Wildman–Crippen MR) is 96.5 cm³/mol. The summed E-state index contributed by atoms with van der Waals surface area (Å²) in [5, 5.41) is 9.37. The smallest absolute Gasteiger partial charge is 0.241 e. The van der Waals surface area contributed by atoms with Crippen molar-refractivity contribution in [3.05, 3.63) is 0 Å². The topological polar surface area (TPSA) is 73.4 Å². The van der Waals surface area contributed by atoms with Gasteiger partial charge >= 0.3 is 0 Å². The number of piperidine rings is 2. The van der Waals surface area contributed by atoms with Gasteiger partial charge < -0.3 is 10.6 Å². The zero-order valence-corrected chi connectivity index (χ0v) is 15.6. The Kier molecular flexibility index (Phi) is 4.54. The Bertz CT molecular complexity index is 555. The molecule has 6 unspecified atom stereocenters. The van der Waals surface area contributed by atoms with E-state index in [1.165, 1.54) is 25.7 Å². The molecule has 4 aliphatic rings. The van der Waals surface area contributed by atoms with Gasteiger partial charge in [0.1, 0.15) is 6.04 Å². The minimum Gasteiger partial charge on any atom is -0.322 e. The van der Waals surface area contributed by atoms with Gasteiger partial charge in [0.05, 0.1) is 12.1 Å². The number of rotatable bonds is 5. The van der Waals surface area contributed by atoms with Crippen molar-refractivity contribution in [2.24, 2.45) is 17.6 Å². The summed E-state index contributed by atoms with van der Waals surface area (Å²) in [7, 11) is 0. The number of carbonyl (C=O) groups is 1. The summed E-state index contributed by atoms with van der Waals surface area (Å²) in [6.45, 7) is 4.58. The first-order chi connectivity index (χ1) is 12.1. The molecule has 0 radical (unpaired) electrons. The number of nitriles is 1. The Morgan fingerprint density at radius 3 is 2.36 bits per heavy atom. The van der Waals surface area contributed by atoms with Crippen LogP contribution in [0.2, 0.25) is 0 Å². The van der Waals surface area contributed by atoms with E-state index in [-0.39, 0.29) is 17.9 Å². The molecule has 2 bridgehead atoms. The quantitative estimate of drug-likeness (QED) is 0.830. The molecule has 0 aromatic rings.